The van der Waals surface area contributed by atoms with Crippen LogP contribution in [0.15, 0.2) is 113 Å². The zero-order chi connectivity index (χ0) is 31.5. The second kappa shape index (κ2) is 12.5. The number of amidine groups is 1. The maximum Gasteiger partial charge on any atom is 0.335 e. The Morgan fingerprint density at radius 3 is 2.29 bits per heavy atom. The number of methoxy groups -OCH3 is 1. The van der Waals surface area contributed by atoms with Gasteiger partial charge >= 0.3 is 5.97 Å². The van der Waals surface area contributed by atoms with Crippen LogP contribution in [0.4, 0.5) is 11.4 Å². The Kier molecular flexibility index (Phi) is 8.17. The predicted octanol–water partition coefficient (Wildman–Crippen LogP) is 7.11. The summed E-state index contributed by atoms with van der Waals surface area (Å²) in [6.07, 6.45) is 3.83. The van der Waals surface area contributed by atoms with Gasteiger partial charge in [-0.3, -0.25) is 19.8 Å². The molecule has 45 heavy (non-hydrogen) atoms. The molecule has 1 N–H and O–H groups in total. The van der Waals surface area contributed by atoms with Gasteiger partial charge in [0.05, 0.1) is 34.7 Å². The predicted molar refractivity (Wildman–Crippen MR) is 174 cm³/mol. The van der Waals surface area contributed by atoms with Crippen molar-refractivity contribution in [1.82, 2.24) is 9.47 Å². The molecule has 1 fully saturated rings. The van der Waals surface area contributed by atoms with Crippen LogP contribution in [0, 0.1) is 10.1 Å². The van der Waals surface area contributed by atoms with Crippen LogP contribution in [0.25, 0.3) is 17.0 Å². The molecule has 0 atom stereocenters. The molecule has 1 aliphatic rings. The van der Waals surface area contributed by atoms with E-state index in [4.69, 9.17) is 9.73 Å². The molecule has 10 nitrogen and oxygen atoms in total. The highest BCUT2D eigenvalue weighted by atomic mass is 32.2. The van der Waals surface area contributed by atoms with E-state index in [9.17, 15) is 24.8 Å². The van der Waals surface area contributed by atoms with Crippen LogP contribution >= 0.6 is 11.8 Å². The molecular weight excluding hydrogens is 592 g/mol. The summed E-state index contributed by atoms with van der Waals surface area (Å²) in [4.78, 5) is 42.7. The summed E-state index contributed by atoms with van der Waals surface area (Å²) in [5, 5.41) is 21.8. The Morgan fingerprint density at radius 1 is 0.956 bits per heavy atom. The van der Waals surface area contributed by atoms with E-state index < -0.39 is 10.9 Å². The van der Waals surface area contributed by atoms with Crippen LogP contribution in [0.5, 0.6) is 5.75 Å². The number of rotatable bonds is 9. The van der Waals surface area contributed by atoms with Crippen molar-refractivity contribution in [1.29, 1.82) is 0 Å². The number of carbonyl (C=O) groups is 2. The van der Waals surface area contributed by atoms with Crippen LogP contribution in [0.1, 0.15) is 27.0 Å². The van der Waals surface area contributed by atoms with Gasteiger partial charge in [0.25, 0.3) is 11.6 Å². The molecule has 4 aromatic carbocycles. The number of carbonyl (C=O) groups excluding carboxylic acids is 1. The minimum absolute atomic E-state index is 0.0350. The highest BCUT2D eigenvalue weighted by molar-refractivity contribution is 8.18. The Labute approximate surface area is 262 Å². The van der Waals surface area contributed by atoms with Gasteiger partial charge in [-0.2, -0.15) is 0 Å². The maximum atomic E-state index is 13.9. The number of nitro groups is 1. The highest BCUT2D eigenvalue weighted by Gasteiger charge is 2.34. The van der Waals surface area contributed by atoms with Crippen LogP contribution < -0.4 is 4.74 Å². The summed E-state index contributed by atoms with van der Waals surface area (Å²) < 4.78 is 7.31. The largest absolute Gasteiger partial charge is 0.497 e. The van der Waals surface area contributed by atoms with E-state index in [1.165, 1.54) is 36.0 Å². The number of aromatic nitrogens is 1. The number of amides is 1. The molecule has 1 aromatic heterocycles. The zero-order valence-corrected chi connectivity index (χ0v) is 24.8. The lowest BCUT2D eigenvalue weighted by atomic mass is 10.1. The van der Waals surface area contributed by atoms with E-state index in [2.05, 4.69) is 4.57 Å². The number of hydrogen-bond donors (Lipinski definition) is 1. The second-order valence-electron chi connectivity index (χ2n) is 10.2. The summed E-state index contributed by atoms with van der Waals surface area (Å²) in [6.45, 7) is 0.700. The number of carboxylic acid groups (broad SMARTS) is 1. The third kappa shape index (κ3) is 6.34. The van der Waals surface area contributed by atoms with E-state index in [1.54, 1.807) is 48.4 Å². The van der Waals surface area contributed by atoms with Crippen molar-refractivity contribution in [3.05, 3.63) is 141 Å². The smallest absolute Gasteiger partial charge is 0.335 e. The van der Waals surface area contributed by atoms with E-state index in [1.807, 2.05) is 48.7 Å². The Balaban J connectivity index is 1.35. The fourth-order valence-electron chi connectivity index (χ4n) is 5.02. The van der Waals surface area contributed by atoms with Crippen LogP contribution in [-0.4, -0.2) is 43.7 Å². The number of aromatic carboxylic acids is 1. The van der Waals surface area contributed by atoms with Crippen molar-refractivity contribution in [2.75, 3.05) is 7.11 Å². The molecule has 1 aliphatic heterocycles. The van der Waals surface area contributed by atoms with Crippen LogP contribution in [-0.2, 0) is 17.9 Å². The number of thioether (sulfide) groups is 1. The van der Waals surface area contributed by atoms with Crippen molar-refractivity contribution in [2.24, 2.45) is 4.99 Å². The first kappa shape index (κ1) is 29.4. The molecule has 224 valence electrons. The molecular formula is C34H26N4O6S. The maximum absolute atomic E-state index is 13.9. The van der Waals surface area contributed by atoms with Gasteiger partial charge in [0, 0.05) is 41.3 Å². The van der Waals surface area contributed by atoms with Gasteiger partial charge in [-0.05, 0) is 71.4 Å². The van der Waals surface area contributed by atoms with Gasteiger partial charge in [0.2, 0.25) is 0 Å². The molecule has 0 unspecified atom stereocenters. The summed E-state index contributed by atoms with van der Waals surface area (Å²) in [6, 6.07) is 28.0. The van der Waals surface area contributed by atoms with Gasteiger partial charge in [-0.1, -0.05) is 42.5 Å². The highest BCUT2D eigenvalue weighted by Crippen LogP contribution is 2.37. The second-order valence-corrected chi connectivity index (χ2v) is 11.3. The molecule has 0 saturated carbocycles. The molecule has 1 saturated heterocycles. The third-order valence-corrected chi connectivity index (χ3v) is 8.34. The summed E-state index contributed by atoms with van der Waals surface area (Å²) in [5.41, 5.74) is 4.32. The average Bonchev–Trinajstić information content (AvgIpc) is 3.54. The molecule has 2 heterocycles. The molecule has 11 heteroatoms. The quantitative estimate of drug-likeness (QED) is 0.106. The number of nitrogens with zero attached hydrogens (tertiary/aromatic N) is 4. The van der Waals surface area contributed by atoms with Crippen molar-refractivity contribution in [3.63, 3.8) is 0 Å². The number of non-ortho nitro benzene ring substituents is 1. The Bertz CT molecular complexity index is 1980. The van der Waals surface area contributed by atoms with Gasteiger partial charge in [-0.25, -0.2) is 9.79 Å². The molecule has 1 amide bonds. The van der Waals surface area contributed by atoms with Gasteiger partial charge < -0.3 is 14.4 Å². The fourth-order valence-corrected chi connectivity index (χ4v) is 6.00. The molecule has 5 aromatic rings. The van der Waals surface area contributed by atoms with Crippen molar-refractivity contribution in [3.8, 4) is 5.75 Å². The number of aliphatic imine (C=N–C) groups is 1. The minimum atomic E-state index is -1.02. The number of carboxylic acids is 1. The Hall–Kier alpha value is -5.68. The lowest BCUT2D eigenvalue weighted by molar-refractivity contribution is -0.384. The normalized spacial score (nSPS) is 14.9. The lowest BCUT2D eigenvalue weighted by Crippen LogP contribution is -2.28. The van der Waals surface area contributed by atoms with Crippen LogP contribution in [0.2, 0.25) is 0 Å². The molecule has 0 bridgehead atoms. The topological polar surface area (TPSA) is 127 Å². The minimum Gasteiger partial charge on any atom is -0.497 e. The molecule has 6 rings (SSSR count). The zero-order valence-electron chi connectivity index (χ0n) is 24.0. The molecule has 0 spiro atoms. The van der Waals surface area contributed by atoms with Crippen molar-refractivity contribution in [2.45, 2.75) is 13.1 Å². The summed E-state index contributed by atoms with van der Waals surface area (Å²) in [7, 11) is 1.59. The molecule has 0 radical (unpaired) electrons. The number of para-hydroxylation sites is 1. The SMILES string of the molecule is COc1ccc(N=C2S/C(=C\c3cn(Cc4ccc([N+](=O)[O-])cc4)c4ccccc34)C(=O)N2Cc2ccc(C(=O)O)cc2)cc1. The number of fused-ring (bicyclic) bond motifs is 1. The lowest BCUT2D eigenvalue weighted by Gasteiger charge is -2.16. The summed E-state index contributed by atoms with van der Waals surface area (Å²) >= 11 is 1.27. The standard InChI is InChI=1S/C34H26N4O6S/c1-44-28-16-12-26(13-17-28)35-34-37(20-23-6-10-24(11-7-23)33(40)41)32(39)31(45-34)18-25-21-36(30-5-3-2-4-29(25)30)19-22-8-14-27(15-9-22)38(42)43/h2-18,21H,19-20H2,1H3,(H,40,41)/b31-18-,35-34?. The average molecular weight is 619 g/mol. The van der Waals surface area contributed by atoms with Crippen molar-refractivity contribution < 1.29 is 24.4 Å². The third-order valence-electron chi connectivity index (χ3n) is 7.33. The van der Waals surface area contributed by atoms with E-state index in [0.717, 1.165) is 27.6 Å². The van der Waals surface area contributed by atoms with E-state index in [0.29, 0.717) is 28.1 Å². The molecule has 0 aliphatic carbocycles. The number of nitro benzene ring substituents is 1. The summed E-state index contributed by atoms with van der Waals surface area (Å²) in [5.74, 6) is -0.550. The fraction of sp³-hybridized carbons (Fsp3) is 0.0882. The number of ether oxygens (including phenoxy) is 1. The van der Waals surface area contributed by atoms with Gasteiger partial charge in [-0.15, -0.1) is 0 Å². The van der Waals surface area contributed by atoms with E-state index in [-0.39, 0.29) is 23.7 Å². The van der Waals surface area contributed by atoms with Gasteiger partial charge in [0.15, 0.2) is 5.17 Å². The van der Waals surface area contributed by atoms with Crippen LogP contribution in [0.3, 0.4) is 0 Å². The first-order chi connectivity index (χ1) is 21.8. The first-order valence-corrected chi connectivity index (χ1v) is 14.7. The number of hydrogen-bond acceptors (Lipinski definition) is 7. The number of benzene rings is 4. The van der Waals surface area contributed by atoms with Crippen molar-refractivity contribution >= 4 is 57.2 Å². The van der Waals surface area contributed by atoms with Gasteiger partial charge in [0.1, 0.15) is 5.75 Å². The monoisotopic (exact) mass is 618 g/mol. The first-order valence-electron chi connectivity index (χ1n) is 13.9. The Morgan fingerprint density at radius 2 is 1.62 bits per heavy atom. The van der Waals surface area contributed by atoms with E-state index >= 15 is 0 Å².